The molecule has 0 aliphatic heterocycles. The van der Waals surface area contributed by atoms with Crippen LogP contribution in [0.4, 0.5) is 5.69 Å². The van der Waals surface area contributed by atoms with E-state index in [-0.39, 0.29) is 12.3 Å². The molecular formula is C24H22N2O4. The molecule has 4 aromatic rings. The third kappa shape index (κ3) is 3.98. The quantitative estimate of drug-likeness (QED) is 0.361. The highest BCUT2D eigenvalue weighted by Gasteiger charge is 2.16. The SMILES string of the molecule is C=C(C)COc1ccc2c(C)c(CC(=O)Nc3ccc4cc[nH]c4c3)c(=O)oc2c1. The molecule has 1 amide bonds. The summed E-state index contributed by atoms with van der Waals surface area (Å²) in [5.41, 5.74) is 3.46. The van der Waals surface area contributed by atoms with E-state index in [1.54, 1.807) is 6.07 Å². The number of aromatic amines is 1. The fraction of sp³-hybridized carbons (Fsp3) is 0.167. The van der Waals surface area contributed by atoms with Crippen molar-refractivity contribution < 1.29 is 13.9 Å². The van der Waals surface area contributed by atoms with Crippen LogP contribution in [0.25, 0.3) is 21.9 Å². The van der Waals surface area contributed by atoms with Crippen LogP contribution in [0, 0.1) is 6.92 Å². The minimum absolute atomic E-state index is 0.0687. The molecule has 2 N–H and O–H groups in total. The molecule has 4 rings (SSSR count). The Morgan fingerprint density at radius 1 is 1.20 bits per heavy atom. The van der Waals surface area contributed by atoms with Gasteiger partial charge in [0.15, 0.2) is 0 Å². The molecule has 152 valence electrons. The molecule has 0 unspecified atom stereocenters. The van der Waals surface area contributed by atoms with E-state index in [0.717, 1.165) is 27.4 Å². The number of amides is 1. The van der Waals surface area contributed by atoms with Crippen LogP contribution >= 0.6 is 0 Å². The summed E-state index contributed by atoms with van der Waals surface area (Å²) in [6.07, 6.45) is 1.77. The molecular weight excluding hydrogens is 380 g/mol. The number of carbonyl (C=O) groups is 1. The molecule has 0 bridgehead atoms. The van der Waals surface area contributed by atoms with Gasteiger partial charge < -0.3 is 19.5 Å². The highest BCUT2D eigenvalue weighted by molar-refractivity contribution is 5.95. The molecule has 2 aromatic carbocycles. The zero-order valence-corrected chi connectivity index (χ0v) is 16.9. The van der Waals surface area contributed by atoms with Gasteiger partial charge in [-0.2, -0.15) is 0 Å². The van der Waals surface area contributed by atoms with E-state index in [1.165, 1.54) is 0 Å². The number of hydrogen-bond acceptors (Lipinski definition) is 4. The maximum atomic E-state index is 12.6. The summed E-state index contributed by atoms with van der Waals surface area (Å²) in [4.78, 5) is 28.2. The summed E-state index contributed by atoms with van der Waals surface area (Å²) in [6, 6.07) is 12.9. The first kappa shape index (κ1) is 19.5. The van der Waals surface area contributed by atoms with Gasteiger partial charge in [0, 0.05) is 28.9 Å². The molecule has 6 heteroatoms. The van der Waals surface area contributed by atoms with Crippen molar-refractivity contribution >= 4 is 33.5 Å². The third-order valence-electron chi connectivity index (χ3n) is 4.92. The predicted octanol–water partition coefficient (Wildman–Crippen LogP) is 4.72. The Morgan fingerprint density at radius 3 is 2.83 bits per heavy atom. The van der Waals surface area contributed by atoms with E-state index in [1.807, 2.05) is 56.4 Å². The first-order valence-electron chi connectivity index (χ1n) is 9.61. The monoisotopic (exact) mass is 402 g/mol. The van der Waals surface area contributed by atoms with Crippen molar-refractivity contribution in [3.63, 3.8) is 0 Å². The first-order chi connectivity index (χ1) is 14.4. The summed E-state index contributed by atoms with van der Waals surface area (Å²) in [6.45, 7) is 7.89. The molecule has 0 radical (unpaired) electrons. The summed E-state index contributed by atoms with van der Waals surface area (Å²) >= 11 is 0. The number of ether oxygens (including phenoxy) is 1. The Morgan fingerprint density at radius 2 is 2.03 bits per heavy atom. The van der Waals surface area contributed by atoms with E-state index >= 15 is 0 Å². The molecule has 2 heterocycles. The number of fused-ring (bicyclic) bond motifs is 2. The molecule has 0 saturated heterocycles. The minimum atomic E-state index is -0.521. The second-order valence-corrected chi connectivity index (χ2v) is 7.40. The van der Waals surface area contributed by atoms with Crippen molar-refractivity contribution in [2.45, 2.75) is 20.3 Å². The third-order valence-corrected chi connectivity index (χ3v) is 4.92. The lowest BCUT2D eigenvalue weighted by Crippen LogP contribution is -2.20. The van der Waals surface area contributed by atoms with Crippen molar-refractivity contribution in [1.29, 1.82) is 0 Å². The fourth-order valence-electron chi connectivity index (χ4n) is 3.37. The lowest BCUT2D eigenvalue weighted by atomic mass is 10.0. The second kappa shape index (κ2) is 7.91. The Labute approximate surface area is 173 Å². The fourth-order valence-corrected chi connectivity index (χ4v) is 3.37. The molecule has 0 saturated carbocycles. The van der Waals surface area contributed by atoms with E-state index < -0.39 is 5.63 Å². The second-order valence-electron chi connectivity index (χ2n) is 7.40. The molecule has 2 aromatic heterocycles. The summed E-state index contributed by atoms with van der Waals surface area (Å²) in [5.74, 6) is 0.315. The van der Waals surface area contributed by atoms with Crippen molar-refractivity contribution in [2.75, 3.05) is 11.9 Å². The van der Waals surface area contributed by atoms with E-state index in [0.29, 0.717) is 29.2 Å². The van der Waals surface area contributed by atoms with Gasteiger partial charge in [0.1, 0.15) is 17.9 Å². The largest absolute Gasteiger partial charge is 0.489 e. The maximum Gasteiger partial charge on any atom is 0.340 e. The number of H-pyrrole nitrogens is 1. The predicted molar refractivity (Wildman–Crippen MR) is 118 cm³/mol. The van der Waals surface area contributed by atoms with E-state index in [9.17, 15) is 9.59 Å². The molecule has 0 aliphatic carbocycles. The molecule has 0 aliphatic rings. The maximum absolute atomic E-state index is 12.6. The normalized spacial score (nSPS) is 11.0. The topological polar surface area (TPSA) is 84.3 Å². The Hall–Kier alpha value is -3.80. The molecule has 6 nitrogen and oxygen atoms in total. The molecule has 30 heavy (non-hydrogen) atoms. The standard InChI is InChI=1S/C24H22N2O4/c1-14(2)13-29-18-6-7-19-15(3)20(24(28)30-22(19)11-18)12-23(27)26-17-5-4-16-8-9-25-21(16)10-17/h4-11,25H,1,12-13H2,2-3H3,(H,26,27). The van der Waals surface area contributed by atoms with Gasteiger partial charge in [0.05, 0.1) is 12.0 Å². The van der Waals surface area contributed by atoms with Crippen LogP contribution in [0.3, 0.4) is 0 Å². The Kier molecular flexibility index (Phi) is 5.14. The zero-order valence-electron chi connectivity index (χ0n) is 16.9. The Balaban J connectivity index is 1.56. The molecule has 0 atom stereocenters. The average molecular weight is 402 g/mol. The number of carbonyl (C=O) groups excluding carboxylic acids is 1. The van der Waals surface area contributed by atoms with Gasteiger partial charge in [-0.25, -0.2) is 4.79 Å². The highest BCUT2D eigenvalue weighted by Crippen LogP contribution is 2.25. The van der Waals surface area contributed by atoms with Gasteiger partial charge in [-0.1, -0.05) is 12.6 Å². The summed E-state index contributed by atoms with van der Waals surface area (Å²) in [5, 5.41) is 4.68. The smallest absolute Gasteiger partial charge is 0.340 e. The van der Waals surface area contributed by atoms with Crippen LogP contribution in [-0.2, 0) is 11.2 Å². The van der Waals surface area contributed by atoms with Crippen LogP contribution in [0.2, 0.25) is 0 Å². The summed E-state index contributed by atoms with van der Waals surface area (Å²) in [7, 11) is 0. The Bertz CT molecular complexity index is 1330. The first-order valence-corrected chi connectivity index (χ1v) is 9.61. The van der Waals surface area contributed by atoms with Gasteiger partial charge in [-0.3, -0.25) is 4.79 Å². The minimum Gasteiger partial charge on any atom is -0.489 e. The number of benzene rings is 2. The highest BCUT2D eigenvalue weighted by atomic mass is 16.5. The van der Waals surface area contributed by atoms with Crippen LogP contribution < -0.4 is 15.7 Å². The number of aryl methyl sites for hydroxylation is 1. The van der Waals surface area contributed by atoms with Crippen LogP contribution in [0.15, 0.2) is 70.0 Å². The van der Waals surface area contributed by atoms with Gasteiger partial charge in [0.2, 0.25) is 5.91 Å². The zero-order chi connectivity index (χ0) is 21.3. The molecule has 0 spiro atoms. The number of aromatic nitrogens is 1. The number of nitrogens with one attached hydrogen (secondary N) is 2. The van der Waals surface area contributed by atoms with Crippen molar-refractivity contribution in [1.82, 2.24) is 4.98 Å². The van der Waals surface area contributed by atoms with Crippen molar-refractivity contribution in [2.24, 2.45) is 0 Å². The average Bonchev–Trinajstić information content (AvgIpc) is 3.17. The van der Waals surface area contributed by atoms with Gasteiger partial charge in [-0.05, 0) is 60.7 Å². The lowest BCUT2D eigenvalue weighted by molar-refractivity contribution is -0.115. The van der Waals surface area contributed by atoms with Gasteiger partial charge >= 0.3 is 5.63 Å². The van der Waals surface area contributed by atoms with Gasteiger partial charge in [-0.15, -0.1) is 0 Å². The van der Waals surface area contributed by atoms with E-state index in [4.69, 9.17) is 9.15 Å². The number of anilines is 1. The van der Waals surface area contributed by atoms with Crippen molar-refractivity contribution in [3.05, 3.63) is 82.4 Å². The van der Waals surface area contributed by atoms with Crippen LogP contribution in [-0.4, -0.2) is 17.5 Å². The number of hydrogen-bond donors (Lipinski definition) is 2. The van der Waals surface area contributed by atoms with E-state index in [2.05, 4.69) is 16.9 Å². The van der Waals surface area contributed by atoms with Crippen LogP contribution in [0.5, 0.6) is 5.75 Å². The molecule has 0 fully saturated rings. The number of rotatable bonds is 6. The van der Waals surface area contributed by atoms with Crippen LogP contribution in [0.1, 0.15) is 18.1 Å². The summed E-state index contributed by atoms with van der Waals surface area (Å²) < 4.78 is 11.1. The van der Waals surface area contributed by atoms with Crippen molar-refractivity contribution in [3.8, 4) is 5.75 Å². The lowest BCUT2D eigenvalue weighted by Gasteiger charge is -2.10. The van der Waals surface area contributed by atoms with Gasteiger partial charge in [0.25, 0.3) is 0 Å².